The lowest BCUT2D eigenvalue weighted by Gasteiger charge is -2.25. The second-order valence-corrected chi connectivity index (χ2v) is 8.51. The fourth-order valence-corrected chi connectivity index (χ4v) is 4.97. The molecule has 0 saturated carbocycles. The maximum Gasteiger partial charge on any atom is 0.248 e. The van der Waals surface area contributed by atoms with E-state index in [9.17, 15) is 14.4 Å². The summed E-state index contributed by atoms with van der Waals surface area (Å²) >= 11 is 3.00. The summed E-state index contributed by atoms with van der Waals surface area (Å²) in [7, 11) is 0. The molecule has 2 heterocycles. The minimum atomic E-state index is -0.579. The summed E-state index contributed by atoms with van der Waals surface area (Å²) in [5.41, 5.74) is 1.09. The molecule has 29 heavy (non-hydrogen) atoms. The molecule has 2 unspecified atom stereocenters. The van der Waals surface area contributed by atoms with Crippen molar-refractivity contribution >= 4 is 46.5 Å². The van der Waals surface area contributed by atoms with Gasteiger partial charge in [-0.3, -0.25) is 14.4 Å². The SMILES string of the molecule is CC(=O)NC(CC(=O)N1CSCC1C(=O)Nc1ccc(C#N)cc1)c1cccs1. The van der Waals surface area contributed by atoms with Gasteiger partial charge in [-0.05, 0) is 35.7 Å². The van der Waals surface area contributed by atoms with Gasteiger partial charge >= 0.3 is 0 Å². The molecule has 0 aliphatic carbocycles. The van der Waals surface area contributed by atoms with Crippen LogP contribution in [-0.2, 0) is 14.4 Å². The fraction of sp³-hybridized carbons (Fsp3) is 0.300. The van der Waals surface area contributed by atoms with Gasteiger partial charge in [-0.25, -0.2) is 0 Å². The first-order chi connectivity index (χ1) is 14.0. The predicted molar refractivity (Wildman–Crippen MR) is 113 cm³/mol. The van der Waals surface area contributed by atoms with Crippen LogP contribution in [0.1, 0.15) is 29.8 Å². The first-order valence-corrected chi connectivity index (χ1v) is 11.0. The lowest BCUT2D eigenvalue weighted by Crippen LogP contribution is -2.45. The number of nitriles is 1. The highest BCUT2D eigenvalue weighted by Gasteiger charge is 2.35. The molecule has 0 bridgehead atoms. The molecule has 1 aromatic heterocycles. The van der Waals surface area contributed by atoms with Crippen molar-refractivity contribution in [3.63, 3.8) is 0 Å². The van der Waals surface area contributed by atoms with Crippen molar-refractivity contribution < 1.29 is 14.4 Å². The summed E-state index contributed by atoms with van der Waals surface area (Å²) in [5, 5.41) is 16.4. The molecule has 150 valence electrons. The van der Waals surface area contributed by atoms with Crippen molar-refractivity contribution in [2.75, 3.05) is 16.9 Å². The van der Waals surface area contributed by atoms with Crippen molar-refractivity contribution in [3.8, 4) is 6.07 Å². The summed E-state index contributed by atoms with van der Waals surface area (Å²) in [6.07, 6.45) is 0.0985. The van der Waals surface area contributed by atoms with Crippen molar-refractivity contribution in [1.82, 2.24) is 10.2 Å². The molecule has 9 heteroatoms. The summed E-state index contributed by atoms with van der Waals surface area (Å²) < 4.78 is 0. The molecule has 1 aliphatic rings. The molecule has 3 amide bonds. The number of nitrogens with one attached hydrogen (secondary N) is 2. The normalized spacial score (nSPS) is 16.7. The average Bonchev–Trinajstić information content (AvgIpc) is 3.39. The highest BCUT2D eigenvalue weighted by atomic mass is 32.2. The molecular formula is C20H20N4O3S2. The van der Waals surface area contributed by atoms with E-state index < -0.39 is 12.1 Å². The Hall–Kier alpha value is -2.83. The van der Waals surface area contributed by atoms with E-state index in [0.717, 1.165) is 4.88 Å². The molecule has 2 aromatic rings. The minimum absolute atomic E-state index is 0.0985. The van der Waals surface area contributed by atoms with Crippen LogP contribution in [-0.4, -0.2) is 40.3 Å². The summed E-state index contributed by atoms with van der Waals surface area (Å²) in [6, 6.07) is 11.4. The number of thioether (sulfide) groups is 1. The molecule has 0 radical (unpaired) electrons. The van der Waals surface area contributed by atoms with E-state index >= 15 is 0 Å². The van der Waals surface area contributed by atoms with Gasteiger partial charge in [0.15, 0.2) is 0 Å². The fourth-order valence-electron chi connectivity index (χ4n) is 3.01. The lowest BCUT2D eigenvalue weighted by molar-refractivity contribution is -0.136. The number of amides is 3. The van der Waals surface area contributed by atoms with Gasteiger partial charge in [0.1, 0.15) is 6.04 Å². The predicted octanol–water partition coefficient (Wildman–Crippen LogP) is 2.73. The van der Waals surface area contributed by atoms with Crippen molar-refractivity contribution in [1.29, 1.82) is 5.26 Å². The van der Waals surface area contributed by atoms with Gasteiger partial charge < -0.3 is 15.5 Å². The Labute approximate surface area is 177 Å². The van der Waals surface area contributed by atoms with E-state index in [1.54, 1.807) is 29.2 Å². The Morgan fingerprint density at radius 1 is 1.28 bits per heavy atom. The van der Waals surface area contributed by atoms with Crippen LogP contribution < -0.4 is 10.6 Å². The quantitative estimate of drug-likeness (QED) is 0.737. The maximum absolute atomic E-state index is 12.9. The topological polar surface area (TPSA) is 102 Å². The Morgan fingerprint density at radius 3 is 2.66 bits per heavy atom. The number of anilines is 1. The summed E-state index contributed by atoms with van der Waals surface area (Å²) in [6.45, 7) is 1.42. The third kappa shape index (κ3) is 5.37. The number of rotatable bonds is 6. The Bertz CT molecular complexity index is 922. The van der Waals surface area contributed by atoms with Gasteiger partial charge in [-0.1, -0.05) is 6.07 Å². The molecule has 7 nitrogen and oxygen atoms in total. The third-order valence-corrected chi connectivity index (χ3v) is 6.43. The van der Waals surface area contributed by atoms with E-state index in [-0.39, 0.29) is 24.1 Å². The first-order valence-electron chi connectivity index (χ1n) is 8.96. The van der Waals surface area contributed by atoms with Crippen molar-refractivity contribution in [2.45, 2.75) is 25.4 Å². The van der Waals surface area contributed by atoms with Crippen LogP contribution in [0.15, 0.2) is 41.8 Å². The van der Waals surface area contributed by atoms with E-state index in [4.69, 9.17) is 5.26 Å². The van der Waals surface area contributed by atoms with Gasteiger partial charge in [-0.15, -0.1) is 23.1 Å². The Balaban J connectivity index is 1.66. The highest BCUT2D eigenvalue weighted by Crippen LogP contribution is 2.27. The Morgan fingerprint density at radius 2 is 2.03 bits per heavy atom. The number of hydrogen-bond acceptors (Lipinski definition) is 6. The van der Waals surface area contributed by atoms with E-state index in [1.165, 1.54) is 30.0 Å². The van der Waals surface area contributed by atoms with Gasteiger partial charge in [-0.2, -0.15) is 5.26 Å². The Kier molecular flexibility index (Phi) is 6.90. The molecule has 1 saturated heterocycles. The third-order valence-electron chi connectivity index (χ3n) is 4.43. The zero-order chi connectivity index (χ0) is 20.8. The molecular weight excluding hydrogens is 408 g/mol. The van der Waals surface area contributed by atoms with Crippen molar-refractivity contribution in [2.24, 2.45) is 0 Å². The zero-order valence-corrected chi connectivity index (χ0v) is 17.4. The van der Waals surface area contributed by atoms with Crippen LogP contribution in [0.5, 0.6) is 0 Å². The van der Waals surface area contributed by atoms with Crippen LogP contribution in [0.4, 0.5) is 5.69 Å². The standard InChI is InChI=1S/C20H20N4O3S2/c1-13(25)22-16(18-3-2-8-29-18)9-19(26)24-12-28-11-17(24)20(27)23-15-6-4-14(10-21)5-7-15/h2-8,16-17H,9,11-12H2,1H3,(H,22,25)(H,23,27). The summed E-state index contributed by atoms with van der Waals surface area (Å²) in [4.78, 5) is 39.7. The monoisotopic (exact) mass is 428 g/mol. The van der Waals surface area contributed by atoms with Crippen LogP contribution in [0.2, 0.25) is 0 Å². The van der Waals surface area contributed by atoms with Gasteiger partial charge in [0, 0.05) is 23.2 Å². The highest BCUT2D eigenvalue weighted by molar-refractivity contribution is 7.99. The number of carbonyl (C=O) groups is 3. The summed E-state index contributed by atoms with van der Waals surface area (Å²) in [5.74, 6) is 0.295. The lowest BCUT2D eigenvalue weighted by atomic mass is 10.1. The molecule has 1 fully saturated rings. The molecule has 0 spiro atoms. The van der Waals surface area contributed by atoms with E-state index in [2.05, 4.69) is 10.6 Å². The second-order valence-electron chi connectivity index (χ2n) is 6.53. The van der Waals surface area contributed by atoms with Gasteiger partial charge in [0.25, 0.3) is 0 Å². The van der Waals surface area contributed by atoms with Crippen LogP contribution in [0.3, 0.4) is 0 Å². The number of hydrogen-bond donors (Lipinski definition) is 2. The number of thiophene rings is 1. The molecule has 2 atom stereocenters. The average molecular weight is 429 g/mol. The molecule has 1 aliphatic heterocycles. The van der Waals surface area contributed by atoms with Crippen LogP contribution in [0.25, 0.3) is 0 Å². The zero-order valence-electron chi connectivity index (χ0n) is 15.8. The number of nitrogens with zero attached hydrogens (tertiary/aromatic N) is 2. The number of benzene rings is 1. The van der Waals surface area contributed by atoms with Crippen LogP contribution >= 0.6 is 23.1 Å². The van der Waals surface area contributed by atoms with Gasteiger partial charge in [0.2, 0.25) is 17.7 Å². The molecule has 1 aromatic carbocycles. The van der Waals surface area contributed by atoms with Crippen molar-refractivity contribution in [3.05, 3.63) is 52.2 Å². The molecule has 2 N–H and O–H groups in total. The second kappa shape index (κ2) is 9.58. The smallest absolute Gasteiger partial charge is 0.248 e. The van der Waals surface area contributed by atoms with E-state index in [0.29, 0.717) is 22.9 Å². The largest absolute Gasteiger partial charge is 0.348 e. The maximum atomic E-state index is 12.9. The number of carbonyl (C=O) groups excluding carboxylic acids is 3. The van der Waals surface area contributed by atoms with Gasteiger partial charge in [0.05, 0.1) is 30.0 Å². The van der Waals surface area contributed by atoms with E-state index in [1.807, 2.05) is 23.6 Å². The molecule has 3 rings (SSSR count). The first kappa shape index (κ1) is 20.9. The van der Waals surface area contributed by atoms with Crippen LogP contribution in [0, 0.1) is 11.3 Å². The minimum Gasteiger partial charge on any atom is -0.348 e.